The van der Waals surface area contributed by atoms with E-state index in [0.717, 1.165) is 0 Å². The first-order valence-corrected chi connectivity index (χ1v) is 13.0. The maximum atomic E-state index is 13.0. The lowest BCUT2D eigenvalue weighted by molar-refractivity contribution is -0.113. The van der Waals surface area contributed by atoms with Crippen LogP contribution in [0.1, 0.15) is 42.5 Å². The summed E-state index contributed by atoms with van der Waals surface area (Å²) < 4.78 is 1.85. The summed E-state index contributed by atoms with van der Waals surface area (Å²) in [5.74, 6) is 0.447. The van der Waals surface area contributed by atoms with E-state index in [1.165, 1.54) is 29.2 Å². The number of hydrogen-bond acceptors (Lipinski definition) is 7. The van der Waals surface area contributed by atoms with Gasteiger partial charge in [0, 0.05) is 23.1 Å². The third-order valence-corrected chi connectivity index (χ3v) is 6.77. The zero-order valence-electron chi connectivity index (χ0n) is 18.6. The van der Waals surface area contributed by atoms with Gasteiger partial charge in [-0.15, -0.1) is 28.1 Å². The quantitative estimate of drug-likeness (QED) is 0.247. The predicted octanol–water partition coefficient (Wildman–Crippen LogP) is 5.48. The summed E-state index contributed by atoms with van der Waals surface area (Å²) in [6, 6.07) is 4.31. The van der Waals surface area contributed by atoms with Gasteiger partial charge in [0.1, 0.15) is 0 Å². The molecule has 2 heterocycles. The molecule has 1 atom stereocenters. The lowest BCUT2D eigenvalue weighted by atomic mass is 10.0. The molecule has 2 amide bonds. The smallest absolute Gasteiger partial charge is 0.253 e. The van der Waals surface area contributed by atoms with E-state index in [1.54, 1.807) is 29.8 Å². The van der Waals surface area contributed by atoms with Crippen molar-refractivity contribution in [2.24, 2.45) is 5.92 Å². The number of amides is 2. The van der Waals surface area contributed by atoms with Crippen LogP contribution in [0.4, 0.5) is 5.13 Å². The summed E-state index contributed by atoms with van der Waals surface area (Å²) in [4.78, 5) is 29.3. The molecule has 0 saturated carbocycles. The number of allylic oxidation sites excluding steroid dienone is 1. The number of carbonyl (C=O) groups excluding carboxylic acids is 2. The molecular weight excluding hydrogens is 515 g/mol. The fourth-order valence-corrected chi connectivity index (χ4v) is 4.94. The van der Waals surface area contributed by atoms with Crippen molar-refractivity contribution in [2.75, 3.05) is 11.1 Å². The molecule has 8 nitrogen and oxygen atoms in total. The highest BCUT2D eigenvalue weighted by atomic mass is 35.5. The molecule has 2 N–H and O–H groups in total. The SMILES string of the molecule is C=CCn1c(SCC(=O)Nc2nccs2)nnc1[C@@H](CC(C)C)NC(=O)c1ccc(Cl)cc1Cl. The third-order valence-electron chi connectivity index (χ3n) is 4.57. The molecule has 0 aliphatic heterocycles. The van der Waals surface area contributed by atoms with Crippen LogP contribution in [0.2, 0.25) is 10.0 Å². The fourth-order valence-electron chi connectivity index (χ4n) is 3.15. The standard InChI is InChI=1S/C22H24Cl2N6O2S2/c1-4-8-30-19(28-29-22(30)34-12-18(31)27-21-25-7-9-33-21)17(10-13(2)3)26-20(32)15-6-5-14(23)11-16(15)24/h4-7,9,11,13,17H,1,8,10,12H2,2-3H3,(H,26,32)(H,25,27,31)/t17-/m1/s1. The number of thioether (sulfide) groups is 1. The Hall–Kier alpha value is -2.40. The lowest BCUT2D eigenvalue weighted by Gasteiger charge is -2.21. The fraction of sp³-hybridized carbons (Fsp3) is 0.318. The summed E-state index contributed by atoms with van der Waals surface area (Å²) in [7, 11) is 0. The Balaban J connectivity index is 1.80. The van der Waals surface area contributed by atoms with Gasteiger partial charge in [0.2, 0.25) is 5.91 Å². The molecule has 12 heteroatoms. The van der Waals surface area contributed by atoms with E-state index in [0.29, 0.717) is 39.7 Å². The van der Waals surface area contributed by atoms with E-state index < -0.39 is 6.04 Å². The Morgan fingerprint density at radius 3 is 2.74 bits per heavy atom. The number of anilines is 1. The van der Waals surface area contributed by atoms with Crippen molar-refractivity contribution in [3.63, 3.8) is 0 Å². The highest BCUT2D eigenvalue weighted by Crippen LogP contribution is 2.27. The number of nitrogens with zero attached hydrogens (tertiary/aromatic N) is 4. The molecule has 0 unspecified atom stereocenters. The van der Waals surface area contributed by atoms with Crippen LogP contribution in [0.15, 0.2) is 47.6 Å². The predicted molar refractivity (Wildman–Crippen MR) is 138 cm³/mol. The van der Waals surface area contributed by atoms with Gasteiger partial charge in [-0.05, 0) is 30.5 Å². The second-order valence-electron chi connectivity index (χ2n) is 7.69. The van der Waals surface area contributed by atoms with Crippen LogP contribution in [-0.4, -0.2) is 37.3 Å². The molecule has 0 aliphatic carbocycles. The van der Waals surface area contributed by atoms with Crippen LogP contribution in [0.25, 0.3) is 0 Å². The number of nitrogens with one attached hydrogen (secondary N) is 2. The summed E-state index contributed by atoms with van der Waals surface area (Å²) in [6.45, 7) is 8.36. The molecule has 0 bridgehead atoms. The van der Waals surface area contributed by atoms with Gasteiger partial charge in [-0.3, -0.25) is 9.59 Å². The minimum absolute atomic E-state index is 0.135. The minimum Gasteiger partial charge on any atom is -0.342 e. The van der Waals surface area contributed by atoms with Crippen molar-refractivity contribution in [1.29, 1.82) is 0 Å². The molecule has 0 spiro atoms. The van der Waals surface area contributed by atoms with Gasteiger partial charge in [0.15, 0.2) is 16.1 Å². The Kier molecular flexibility index (Phi) is 9.52. The molecule has 1 aromatic carbocycles. The van der Waals surface area contributed by atoms with Crippen LogP contribution in [0.5, 0.6) is 0 Å². The van der Waals surface area contributed by atoms with Gasteiger partial charge in [-0.25, -0.2) is 4.98 Å². The minimum atomic E-state index is -0.426. The van der Waals surface area contributed by atoms with Crippen LogP contribution in [0.3, 0.4) is 0 Å². The van der Waals surface area contributed by atoms with Crippen molar-refractivity contribution in [1.82, 2.24) is 25.1 Å². The molecule has 0 aliphatic rings. The topological polar surface area (TPSA) is 102 Å². The number of aromatic nitrogens is 4. The molecule has 0 fully saturated rings. The van der Waals surface area contributed by atoms with Gasteiger partial charge in [0.25, 0.3) is 5.91 Å². The molecular formula is C22H24Cl2N6O2S2. The molecule has 34 heavy (non-hydrogen) atoms. The first kappa shape index (κ1) is 26.2. The maximum absolute atomic E-state index is 13.0. The first-order valence-electron chi connectivity index (χ1n) is 10.4. The van der Waals surface area contributed by atoms with Crippen LogP contribution in [0, 0.1) is 5.92 Å². The summed E-state index contributed by atoms with van der Waals surface area (Å²) >= 11 is 14.8. The van der Waals surface area contributed by atoms with Gasteiger partial charge in [-0.1, -0.05) is 54.9 Å². The molecule has 0 saturated heterocycles. The summed E-state index contributed by atoms with van der Waals surface area (Å²) in [5, 5.41) is 18.0. The molecule has 2 aromatic heterocycles. The second-order valence-corrected chi connectivity index (χ2v) is 10.4. The number of thiazole rings is 1. The van der Waals surface area contributed by atoms with Crippen LogP contribution < -0.4 is 10.6 Å². The van der Waals surface area contributed by atoms with Crippen LogP contribution in [-0.2, 0) is 11.3 Å². The van der Waals surface area contributed by atoms with E-state index in [-0.39, 0.29) is 28.5 Å². The van der Waals surface area contributed by atoms with Gasteiger partial charge >= 0.3 is 0 Å². The number of hydrogen-bond donors (Lipinski definition) is 2. The Bertz CT molecular complexity index is 1150. The van der Waals surface area contributed by atoms with Gasteiger partial charge in [0.05, 0.1) is 22.4 Å². The van der Waals surface area contributed by atoms with E-state index in [1.807, 2.05) is 4.57 Å². The third kappa shape index (κ3) is 7.05. The normalized spacial score (nSPS) is 11.9. The van der Waals surface area contributed by atoms with Crippen molar-refractivity contribution in [3.8, 4) is 0 Å². The average Bonchev–Trinajstić information content (AvgIpc) is 3.41. The van der Waals surface area contributed by atoms with E-state index in [4.69, 9.17) is 23.2 Å². The van der Waals surface area contributed by atoms with Gasteiger partial charge in [-0.2, -0.15) is 0 Å². The zero-order chi connectivity index (χ0) is 24.7. The average molecular weight is 540 g/mol. The monoisotopic (exact) mass is 538 g/mol. The highest BCUT2D eigenvalue weighted by molar-refractivity contribution is 7.99. The number of carbonyl (C=O) groups is 2. The van der Waals surface area contributed by atoms with Gasteiger partial charge < -0.3 is 15.2 Å². The van der Waals surface area contributed by atoms with Crippen molar-refractivity contribution < 1.29 is 9.59 Å². The van der Waals surface area contributed by atoms with E-state index >= 15 is 0 Å². The zero-order valence-corrected chi connectivity index (χ0v) is 21.8. The summed E-state index contributed by atoms with van der Waals surface area (Å²) in [6.07, 6.45) is 3.97. The molecule has 180 valence electrons. The van der Waals surface area contributed by atoms with Crippen molar-refractivity contribution >= 4 is 63.2 Å². The summed E-state index contributed by atoms with van der Waals surface area (Å²) in [5.41, 5.74) is 0.322. The Morgan fingerprint density at radius 2 is 2.09 bits per heavy atom. The molecule has 0 radical (unpaired) electrons. The Morgan fingerprint density at radius 1 is 1.29 bits per heavy atom. The first-order chi connectivity index (χ1) is 16.3. The second kappa shape index (κ2) is 12.3. The lowest BCUT2D eigenvalue weighted by Crippen LogP contribution is -2.32. The Labute approximate surface area is 216 Å². The van der Waals surface area contributed by atoms with Crippen molar-refractivity contribution in [3.05, 3.63) is 63.9 Å². The number of benzene rings is 1. The molecule has 3 rings (SSSR count). The highest BCUT2D eigenvalue weighted by Gasteiger charge is 2.25. The van der Waals surface area contributed by atoms with Crippen LogP contribution >= 0.6 is 46.3 Å². The van der Waals surface area contributed by atoms with E-state index in [2.05, 4.69) is 46.2 Å². The van der Waals surface area contributed by atoms with Crippen molar-refractivity contribution in [2.45, 2.75) is 38.0 Å². The van der Waals surface area contributed by atoms with E-state index in [9.17, 15) is 9.59 Å². The molecule has 3 aromatic rings. The maximum Gasteiger partial charge on any atom is 0.253 e. The number of halogens is 2. The number of rotatable bonds is 11. The largest absolute Gasteiger partial charge is 0.342 e.